The molecule has 1 aliphatic heterocycles. The van der Waals surface area contributed by atoms with E-state index < -0.39 is 0 Å². The van der Waals surface area contributed by atoms with Crippen molar-refractivity contribution in [2.75, 3.05) is 46.8 Å². The molecule has 0 radical (unpaired) electrons. The monoisotopic (exact) mass is 531 g/mol. The maximum Gasteiger partial charge on any atom is 0.253 e. The molecule has 0 aromatic heterocycles. The quantitative estimate of drug-likeness (QED) is 0.234. The standard InChI is InChI=1S/C22H37N5O2.HI/c1-6-23-22(24-12-7-13-27-15-17(2)29-18(3)16-27)25-14-19-8-10-20(11-9-19)21(28)26(4)5;/h8-11,17-18H,6-7,12-16H2,1-5H3,(H2,23,24,25);1H. The number of nitrogens with one attached hydrogen (secondary N) is 2. The topological polar surface area (TPSA) is 69.2 Å². The molecule has 1 heterocycles. The van der Waals surface area contributed by atoms with Gasteiger partial charge in [0, 0.05) is 52.4 Å². The van der Waals surface area contributed by atoms with E-state index in [0.29, 0.717) is 24.3 Å². The van der Waals surface area contributed by atoms with Crippen molar-refractivity contribution in [3.63, 3.8) is 0 Å². The number of carbonyl (C=O) groups is 1. The van der Waals surface area contributed by atoms with Crippen molar-refractivity contribution in [3.05, 3.63) is 35.4 Å². The molecule has 0 saturated carbocycles. The molecule has 1 aromatic rings. The third-order valence-corrected chi connectivity index (χ3v) is 4.81. The summed E-state index contributed by atoms with van der Waals surface area (Å²) in [6, 6.07) is 7.64. The zero-order chi connectivity index (χ0) is 21.2. The van der Waals surface area contributed by atoms with Crippen LogP contribution in [0.15, 0.2) is 29.3 Å². The number of benzene rings is 1. The van der Waals surface area contributed by atoms with Gasteiger partial charge in [0.25, 0.3) is 5.91 Å². The summed E-state index contributed by atoms with van der Waals surface area (Å²) >= 11 is 0. The van der Waals surface area contributed by atoms with Gasteiger partial charge in [-0.1, -0.05) is 12.1 Å². The second-order valence-electron chi connectivity index (χ2n) is 7.89. The fourth-order valence-corrected chi connectivity index (χ4v) is 3.50. The number of halogens is 1. The summed E-state index contributed by atoms with van der Waals surface area (Å²) in [4.78, 5) is 20.7. The number of hydrogen-bond acceptors (Lipinski definition) is 4. The van der Waals surface area contributed by atoms with Crippen LogP contribution in [-0.4, -0.2) is 80.7 Å². The minimum atomic E-state index is 0. The van der Waals surface area contributed by atoms with Crippen LogP contribution in [0.3, 0.4) is 0 Å². The first kappa shape index (κ1) is 26.6. The minimum absolute atomic E-state index is 0. The summed E-state index contributed by atoms with van der Waals surface area (Å²) in [5.74, 6) is 0.837. The smallest absolute Gasteiger partial charge is 0.253 e. The second kappa shape index (κ2) is 13.8. The summed E-state index contributed by atoms with van der Waals surface area (Å²) in [5, 5.41) is 6.71. The Morgan fingerprint density at radius 2 is 1.80 bits per heavy atom. The van der Waals surface area contributed by atoms with Crippen LogP contribution >= 0.6 is 24.0 Å². The molecule has 2 unspecified atom stereocenters. The molecule has 2 atom stereocenters. The fraction of sp³-hybridized carbons (Fsp3) is 0.636. The number of morpholine rings is 1. The molecule has 2 rings (SSSR count). The Balaban J connectivity index is 0.00000450. The molecular formula is C22H38IN5O2. The lowest BCUT2D eigenvalue weighted by molar-refractivity contribution is -0.0679. The Labute approximate surface area is 198 Å². The SMILES string of the molecule is CCNC(=NCc1ccc(C(=O)N(C)C)cc1)NCCCN1CC(C)OC(C)C1.I. The summed E-state index contributed by atoms with van der Waals surface area (Å²) in [6.45, 7) is 11.7. The van der Waals surface area contributed by atoms with E-state index in [1.165, 1.54) is 0 Å². The number of nitrogens with zero attached hydrogens (tertiary/aromatic N) is 3. The number of ether oxygens (including phenoxy) is 1. The summed E-state index contributed by atoms with van der Waals surface area (Å²) in [6.07, 6.45) is 1.68. The maximum atomic E-state index is 12.0. The highest BCUT2D eigenvalue weighted by Gasteiger charge is 2.21. The summed E-state index contributed by atoms with van der Waals surface area (Å²) in [7, 11) is 3.52. The van der Waals surface area contributed by atoms with E-state index in [4.69, 9.17) is 4.74 Å². The summed E-state index contributed by atoms with van der Waals surface area (Å²) in [5.41, 5.74) is 1.77. The van der Waals surface area contributed by atoms with Gasteiger partial charge in [0.2, 0.25) is 0 Å². The van der Waals surface area contributed by atoms with E-state index in [1.807, 2.05) is 24.3 Å². The van der Waals surface area contributed by atoms with Crippen LogP contribution in [0.5, 0.6) is 0 Å². The van der Waals surface area contributed by atoms with Crippen molar-refractivity contribution in [2.45, 2.75) is 45.9 Å². The van der Waals surface area contributed by atoms with Crippen LogP contribution in [0.4, 0.5) is 0 Å². The third-order valence-electron chi connectivity index (χ3n) is 4.81. The van der Waals surface area contributed by atoms with Gasteiger partial charge in [-0.3, -0.25) is 9.69 Å². The predicted molar refractivity (Wildman–Crippen MR) is 134 cm³/mol. The van der Waals surface area contributed by atoms with Crippen molar-refractivity contribution in [3.8, 4) is 0 Å². The van der Waals surface area contributed by atoms with E-state index in [-0.39, 0.29) is 29.9 Å². The number of hydrogen-bond donors (Lipinski definition) is 2. The molecule has 2 N–H and O–H groups in total. The molecular weight excluding hydrogens is 493 g/mol. The van der Waals surface area contributed by atoms with Crippen LogP contribution in [0, 0.1) is 0 Å². The molecule has 0 spiro atoms. The number of carbonyl (C=O) groups excluding carboxylic acids is 1. The predicted octanol–water partition coefficient (Wildman–Crippen LogP) is 2.56. The Bertz CT molecular complexity index is 656. The van der Waals surface area contributed by atoms with Gasteiger partial charge < -0.3 is 20.3 Å². The van der Waals surface area contributed by atoms with Gasteiger partial charge in [-0.2, -0.15) is 0 Å². The van der Waals surface area contributed by atoms with Gasteiger partial charge in [-0.25, -0.2) is 4.99 Å². The Hall–Kier alpha value is -1.39. The zero-order valence-corrected chi connectivity index (χ0v) is 21.3. The molecule has 1 saturated heterocycles. The largest absolute Gasteiger partial charge is 0.373 e. The number of rotatable bonds is 8. The van der Waals surface area contributed by atoms with Crippen LogP contribution in [0.25, 0.3) is 0 Å². The summed E-state index contributed by atoms with van der Waals surface area (Å²) < 4.78 is 5.79. The van der Waals surface area contributed by atoms with Gasteiger partial charge >= 0.3 is 0 Å². The zero-order valence-electron chi connectivity index (χ0n) is 19.0. The molecule has 1 fully saturated rings. The van der Waals surface area contributed by atoms with Gasteiger partial charge in [-0.05, 0) is 44.9 Å². The first-order valence-electron chi connectivity index (χ1n) is 10.6. The highest BCUT2D eigenvalue weighted by Crippen LogP contribution is 2.10. The number of guanidine groups is 1. The van der Waals surface area contributed by atoms with E-state index in [2.05, 4.69) is 41.3 Å². The number of amides is 1. The lowest BCUT2D eigenvalue weighted by Crippen LogP contribution is -2.46. The van der Waals surface area contributed by atoms with Gasteiger partial charge in [0.1, 0.15) is 0 Å². The second-order valence-corrected chi connectivity index (χ2v) is 7.89. The molecule has 0 aliphatic carbocycles. The van der Waals surface area contributed by atoms with Crippen molar-refractivity contribution >= 4 is 35.8 Å². The Morgan fingerprint density at radius 3 is 2.37 bits per heavy atom. The van der Waals surface area contributed by atoms with Crippen LogP contribution in [0.1, 0.15) is 43.1 Å². The van der Waals surface area contributed by atoms with Crippen molar-refractivity contribution in [1.29, 1.82) is 0 Å². The maximum absolute atomic E-state index is 12.0. The first-order chi connectivity index (χ1) is 13.9. The van der Waals surface area contributed by atoms with Crippen LogP contribution < -0.4 is 10.6 Å². The van der Waals surface area contributed by atoms with Gasteiger partial charge in [0.05, 0.1) is 18.8 Å². The fourth-order valence-electron chi connectivity index (χ4n) is 3.50. The average Bonchev–Trinajstić information content (AvgIpc) is 2.68. The first-order valence-corrected chi connectivity index (χ1v) is 10.6. The van der Waals surface area contributed by atoms with Gasteiger partial charge in [0.15, 0.2) is 5.96 Å². The highest BCUT2D eigenvalue weighted by molar-refractivity contribution is 14.0. The normalized spacial score (nSPS) is 19.7. The lowest BCUT2D eigenvalue weighted by atomic mass is 10.1. The molecule has 0 bridgehead atoms. The van der Waals surface area contributed by atoms with Crippen molar-refractivity contribution < 1.29 is 9.53 Å². The number of aliphatic imine (C=N–C) groups is 1. The van der Waals surface area contributed by atoms with E-state index in [0.717, 1.165) is 50.7 Å². The molecule has 7 nitrogen and oxygen atoms in total. The minimum Gasteiger partial charge on any atom is -0.373 e. The Morgan fingerprint density at radius 1 is 1.17 bits per heavy atom. The molecule has 1 aromatic carbocycles. The Kier molecular flexibility index (Phi) is 12.3. The van der Waals surface area contributed by atoms with E-state index in [1.54, 1.807) is 19.0 Å². The average molecular weight is 531 g/mol. The third kappa shape index (κ3) is 9.18. The van der Waals surface area contributed by atoms with Crippen molar-refractivity contribution in [1.82, 2.24) is 20.4 Å². The lowest BCUT2D eigenvalue weighted by Gasteiger charge is -2.35. The van der Waals surface area contributed by atoms with Crippen LogP contribution in [0.2, 0.25) is 0 Å². The van der Waals surface area contributed by atoms with Crippen LogP contribution in [-0.2, 0) is 11.3 Å². The van der Waals surface area contributed by atoms with Gasteiger partial charge in [-0.15, -0.1) is 24.0 Å². The van der Waals surface area contributed by atoms with E-state index in [9.17, 15) is 4.79 Å². The molecule has 30 heavy (non-hydrogen) atoms. The van der Waals surface area contributed by atoms with E-state index >= 15 is 0 Å². The highest BCUT2D eigenvalue weighted by atomic mass is 127. The molecule has 8 heteroatoms. The molecule has 1 aliphatic rings. The molecule has 1 amide bonds. The van der Waals surface area contributed by atoms with Crippen molar-refractivity contribution in [2.24, 2.45) is 4.99 Å². The molecule has 170 valence electrons.